The highest BCUT2D eigenvalue weighted by atomic mass is 32.2. The normalized spacial score (nSPS) is 11.3. The molecule has 0 unspecified atom stereocenters. The number of hydrogen-bond acceptors (Lipinski definition) is 5. The van der Waals surface area contributed by atoms with Crippen molar-refractivity contribution < 1.29 is 22.7 Å². The number of sulfonamides is 1. The predicted molar refractivity (Wildman–Crippen MR) is 103 cm³/mol. The largest absolute Gasteiger partial charge is 0.497 e. The monoisotopic (exact) mass is 392 g/mol. The van der Waals surface area contributed by atoms with Crippen LogP contribution in [0.25, 0.3) is 0 Å². The highest BCUT2D eigenvalue weighted by Gasteiger charge is 2.21. The van der Waals surface area contributed by atoms with Gasteiger partial charge in [0.1, 0.15) is 11.5 Å². The Morgan fingerprint density at radius 1 is 1.04 bits per heavy atom. The summed E-state index contributed by atoms with van der Waals surface area (Å²) in [7, 11) is -0.474. The molecule has 0 saturated heterocycles. The number of carbonyl (C=O) groups excluding carboxylic acids is 1. The van der Waals surface area contributed by atoms with E-state index in [4.69, 9.17) is 9.47 Å². The van der Waals surface area contributed by atoms with Gasteiger partial charge >= 0.3 is 0 Å². The molecule has 0 aromatic heterocycles. The fourth-order valence-electron chi connectivity index (χ4n) is 2.47. The zero-order chi connectivity index (χ0) is 19.9. The minimum atomic E-state index is -3.57. The van der Waals surface area contributed by atoms with Crippen LogP contribution in [-0.4, -0.2) is 45.7 Å². The van der Waals surface area contributed by atoms with Crippen molar-refractivity contribution in [1.82, 2.24) is 9.62 Å². The fourth-order valence-corrected chi connectivity index (χ4v) is 3.20. The van der Waals surface area contributed by atoms with Gasteiger partial charge in [-0.05, 0) is 23.8 Å². The van der Waals surface area contributed by atoms with Crippen molar-refractivity contribution >= 4 is 15.9 Å². The van der Waals surface area contributed by atoms with Gasteiger partial charge in [-0.3, -0.25) is 4.79 Å². The van der Waals surface area contributed by atoms with Crippen LogP contribution >= 0.6 is 0 Å². The lowest BCUT2D eigenvalue weighted by Crippen LogP contribution is -2.39. The molecule has 0 fully saturated rings. The molecule has 1 N–H and O–H groups in total. The zero-order valence-corrected chi connectivity index (χ0v) is 16.5. The molecule has 0 saturated carbocycles. The van der Waals surface area contributed by atoms with Gasteiger partial charge in [0.15, 0.2) is 0 Å². The van der Waals surface area contributed by atoms with E-state index in [2.05, 4.69) is 5.32 Å². The minimum absolute atomic E-state index is 0.0544. The van der Waals surface area contributed by atoms with Gasteiger partial charge in [0.25, 0.3) is 0 Å². The third-order valence-electron chi connectivity index (χ3n) is 3.98. The zero-order valence-electron chi connectivity index (χ0n) is 15.6. The van der Waals surface area contributed by atoms with Crippen LogP contribution in [0.4, 0.5) is 0 Å². The standard InChI is InChI=1S/C19H24N2O5S/c1-25-17-10-8-15(9-11-17)12-20-19(22)14-21(27(3,23)24)13-16-6-4-5-7-18(16)26-2/h4-11H,12-14H2,1-3H3,(H,20,22). The highest BCUT2D eigenvalue weighted by Crippen LogP contribution is 2.20. The average Bonchev–Trinajstić information content (AvgIpc) is 2.66. The third-order valence-corrected chi connectivity index (χ3v) is 5.17. The average molecular weight is 392 g/mol. The van der Waals surface area contributed by atoms with Crippen molar-refractivity contribution in [3.05, 3.63) is 59.7 Å². The second-order valence-electron chi connectivity index (χ2n) is 5.97. The van der Waals surface area contributed by atoms with Gasteiger partial charge in [0.2, 0.25) is 15.9 Å². The number of benzene rings is 2. The molecule has 7 nitrogen and oxygen atoms in total. The maximum Gasteiger partial charge on any atom is 0.235 e. The summed E-state index contributed by atoms with van der Waals surface area (Å²) in [6, 6.07) is 14.4. The molecule has 0 aliphatic heterocycles. The van der Waals surface area contributed by atoms with Crippen molar-refractivity contribution in [3.8, 4) is 11.5 Å². The molecule has 2 aromatic carbocycles. The predicted octanol–water partition coefficient (Wildman–Crippen LogP) is 1.78. The molecule has 2 rings (SSSR count). The van der Waals surface area contributed by atoms with Crippen LogP contribution in [0.2, 0.25) is 0 Å². The Morgan fingerprint density at radius 2 is 1.70 bits per heavy atom. The number of nitrogens with zero attached hydrogens (tertiary/aromatic N) is 1. The lowest BCUT2D eigenvalue weighted by atomic mass is 10.2. The van der Waals surface area contributed by atoms with Crippen LogP contribution < -0.4 is 14.8 Å². The van der Waals surface area contributed by atoms with Crippen LogP contribution in [-0.2, 0) is 27.9 Å². The highest BCUT2D eigenvalue weighted by molar-refractivity contribution is 7.88. The first-order valence-electron chi connectivity index (χ1n) is 8.30. The number of rotatable bonds is 9. The first kappa shape index (κ1) is 20.7. The van der Waals surface area contributed by atoms with E-state index in [1.807, 2.05) is 12.1 Å². The van der Waals surface area contributed by atoms with Crippen molar-refractivity contribution in [2.24, 2.45) is 0 Å². The Balaban J connectivity index is 2.01. The molecule has 0 radical (unpaired) electrons. The molecule has 0 atom stereocenters. The van der Waals surface area contributed by atoms with E-state index in [-0.39, 0.29) is 19.0 Å². The molecule has 0 spiro atoms. The number of hydrogen-bond donors (Lipinski definition) is 1. The van der Waals surface area contributed by atoms with Crippen molar-refractivity contribution in [2.75, 3.05) is 27.0 Å². The second-order valence-corrected chi connectivity index (χ2v) is 7.95. The van der Waals surface area contributed by atoms with E-state index >= 15 is 0 Å². The Morgan fingerprint density at radius 3 is 2.30 bits per heavy atom. The van der Waals surface area contributed by atoms with Gasteiger partial charge in [-0.2, -0.15) is 4.31 Å². The third kappa shape index (κ3) is 6.26. The first-order chi connectivity index (χ1) is 12.8. The number of nitrogens with one attached hydrogen (secondary N) is 1. The van der Waals surface area contributed by atoms with E-state index in [0.717, 1.165) is 21.9 Å². The molecule has 0 aliphatic rings. The number of amides is 1. The summed E-state index contributed by atoms with van der Waals surface area (Å²) in [4.78, 5) is 12.3. The Hall–Kier alpha value is -2.58. The van der Waals surface area contributed by atoms with Gasteiger partial charge < -0.3 is 14.8 Å². The lowest BCUT2D eigenvalue weighted by Gasteiger charge is -2.20. The smallest absolute Gasteiger partial charge is 0.235 e. The lowest BCUT2D eigenvalue weighted by molar-refractivity contribution is -0.121. The molecule has 0 aliphatic carbocycles. The summed E-state index contributed by atoms with van der Waals surface area (Å²) in [6.45, 7) is 0.0843. The van der Waals surface area contributed by atoms with E-state index in [9.17, 15) is 13.2 Å². The summed E-state index contributed by atoms with van der Waals surface area (Å²) in [5, 5.41) is 2.74. The van der Waals surface area contributed by atoms with E-state index in [1.54, 1.807) is 43.5 Å². The molecule has 2 aromatic rings. The summed E-state index contributed by atoms with van der Waals surface area (Å²) >= 11 is 0. The van der Waals surface area contributed by atoms with Gasteiger partial charge in [0, 0.05) is 18.7 Å². The molecular formula is C19H24N2O5S. The topological polar surface area (TPSA) is 84.9 Å². The number of para-hydroxylation sites is 1. The Kier molecular flexibility index (Phi) is 7.20. The summed E-state index contributed by atoms with van der Waals surface area (Å²) in [6.07, 6.45) is 1.08. The maximum absolute atomic E-state index is 12.3. The van der Waals surface area contributed by atoms with Crippen molar-refractivity contribution in [2.45, 2.75) is 13.1 Å². The van der Waals surface area contributed by atoms with Crippen molar-refractivity contribution in [3.63, 3.8) is 0 Å². The van der Waals surface area contributed by atoms with Gasteiger partial charge in [-0.25, -0.2) is 8.42 Å². The van der Waals surface area contributed by atoms with E-state index in [1.165, 1.54) is 7.11 Å². The Labute approximate surface area is 160 Å². The summed E-state index contributed by atoms with van der Waals surface area (Å²) in [5.41, 5.74) is 1.58. The summed E-state index contributed by atoms with van der Waals surface area (Å²) < 4.78 is 35.7. The molecule has 27 heavy (non-hydrogen) atoms. The van der Waals surface area contributed by atoms with Crippen LogP contribution in [0.15, 0.2) is 48.5 Å². The number of carbonyl (C=O) groups is 1. The SMILES string of the molecule is COc1ccc(CNC(=O)CN(Cc2ccccc2OC)S(C)(=O)=O)cc1. The quantitative estimate of drug-likeness (QED) is 0.703. The molecule has 1 amide bonds. The van der Waals surface area contributed by atoms with E-state index < -0.39 is 10.0 Å². The number of methoxy groups -OCH3 is 2. The molecule has 146 valence electrons. The van der Waals surface area contributed by atoms with Crippen LogP contribution in [0, 0.1) is 0 Å². The fraction of sp³-hybridized carbons (Fsp3) is 0.316. The van der Waals surface area contributed by atoms with Gasteiger partial charge in [-0.1, -0.05) is 30.3 Å². The first-order valence-corrected chi connectivity index (χ1v) is 10.1. The summed E-state index contributed by atoms with van der Waals surface area (Å²) in [5.74, 6) is 0.918. The Bertz CT molecular complexity index is 866. The maximum atomic E-state index is 12.3. The van der Waals surface area contributed by atoms with Gasteiger partial charge in [-0.15, -0.1) is 0 Å². The van der Waals surface area contributed by atoms with Crippen LogP contribution in [0.3, 0.4) is 0 Å². The molecule has 8 heteroatoms. The second kappa shape index (κ2) is 9.38. The molecule has 0 bridgehead atoms. The minimum Gasteiger partial charge on any atom is -0.497 e. The van der Waals surface area contributed by atoms with Crippen molar-refractivity contribution in [1.29, 1.82) is 0 Å². The number of ether oxygens (including phenoxy) is 2. The van der Waals surface area contributed by atoms with Gasteiger partial charge in [0.05, 0.1) is 27.0 Å². The molecular weight excluding hydrogens is 368 g/mol. The molecule has 0 heterocycles. The van der Waals surface area contributed by atoms with E-state index in [0.29, 0.717) is 17.9 Å². The van der Waals surface area contributed by atoms with Crippen LogP contribution in [0.5, 0.6) is 11.5 Å². The van der Waals surface area contributed by atoms with Crippen LogP contribution in [0.1, 0.15) is 11.1 Å².